The summed E-state index contributed by atoms with van der Waals surface area (Å²) in [6.45, 7) is 0. The molecule has 122 valence electrons. The zero-order chi connectivity index (χ0) is 17.4. The first-order valence-electron chi connectivity index (χ1n) is 7.59. The van der Waals surface area contributed by atoms with Gasteiger partial charge in [-0.05, 0) is 42.0 Å². The molecule has 2 heterocycles. The average Bonchev–Trinajstić information content (AvgIpc) is 3.08. The Morgan fingerprint density at radius 3 is 2.44 bits per heavy atom. The molecule has 25 heavy (non-hydrogen) atoms. The molecule has 1 aliphatic rings. The van der Waals surface area contributed by atoms with E-state index < -0.39 is 5.91 Å². The van der Waals surface area contributed by atoms with Crippen molar-refractivity contribution >= 4 is 35.1 Å². The van der Waals surface area contributed by atoms with E-state index in [1.54, 1.807) is 53.4 Å². The van der Waals surface area contributed by atoms with Gasteiger partial charge in [0.1, 0.15) is 0 Å². The van der Waals surface area contributed by atoms with Crippen LogP contribution in [0.3, 0.4) is 0 Å². The van der Waals surface area contributed by atoms with Crippen molar-refractivity contribution in [1.82, 2.24) is 15.1 Å². The molecule has 0 saturated carbocycles. The van der Waals surface area contributed by atoms with Crippen LogP contribution in [0.1, 0.15) is 21.5 Å². The number of carbonyl (C=O) groups excluding carboxylic acids is 2. The number of aromatic nitrogens is 2. The zero-order valence-corrected chi connectivity index (χ0v) is 13.7. The standard InChI is InChI=1S/C19H12ClN3O2/c20-13-5-7-14(8-6-13)23-11-12(10-21-23)9-17-15-3-1-2-4-16(15)18(24)22-19(17)25/h1-11H,(H,22,24,25). The van der Waals surface area contributed by atoms with E-state index in [-0.39, 0.29) is 5.91 Å². The normalized spacial score (nSPS) is 15.2. The highest BCUT2D eigenvalue weighted by Gasteiger charge is 2.26. The second-order valence-corrected chi connectivity index (χ2v) is 6.02. The van der Waals surface area contributed by atoms with E-state index in [0.29, 0.717) is 21.7 Å². The fourth-order valence-corrected chi connectivity index (χ4v) is 2.86. The number of amides is 2. The lowest BCUT2D eigenvalue weighted by Gasteiger charge is -2.17. The summed E-state index contributed by atoms with van der Waals surface area (Å²) in [6.07, 6.45) is 5.19. The van der Waals surface area contributed by atoms with Crippen molar-refractivity contribution in [3.8, 4) is 5.69 Å². The number of halogens is 1. The van der Waals surface area contributed by atoms with E-state index in [4.69, 9.17) is 11.6 Å². The van der Waals surface area contributed by atoms with Crippen LogP contribution in [0.2, 0.25) is 5.02 Å². The van der Waals surface area contributed by atoms with Crippen LogP contribution in [0, 0.1) is 0 Å². The maximum absolute atomic E-state index is 12.2. The van der Waals surface area contributed by atoms with Gasteiger partial charge in [0.05, 0.1) is 11.9 Å². The van der Waals surface area contributed by atoms with Crippen molar-refractivity contribution in [3.05, 3.63) is 82.6 Å². The van der Waals surface area contributed by atoms with Gasteiger partial charge in [0, 0.05) is 27.9 Å². The number of rotatable bonds is 2. The number of imide groups is 1. The molecule has 1 aliphatic heterocycles. The Morgan fingerprint density at radius 2 is 1.68 bits per heavy atom. The predicted octanol–water partition coefficient (Wildman–Crippen LogP) is 3.34. The van der Waals surface area contributed by atoms with Gasteiger partial charge in [0.25, 0.3) is 11.8 Å². The Kier molecular flexibility index (Phi) is 3.71. The highest BCUT2D eigenvalue weighted by atomic mass is 35.5. The largest absolute Gasteiger partial charge is 0.288 e. The van der Waals surface area contributed by atoms with Crippen LogP contribution in [-0.2, 0) is 4.79 Å². The molecule has 4 rings (SSSR count). The van der Waals surface area contributed by atoms with Gasteiger partial charge in [0.2, 0.25) is 0 Å². The summed E-state index contributed by atoms with van der Waals surface area (Å²) in [5.74, 6) is -0.794. The summed E-state index contributed by atoms with van der Waals surface area (Å²) in [4.78, 5) is 24.2. The fourth-order valence-electron chi connectivity index (χ4n) is 2.73. The Labute approximate surface area is 148 Å². The van der Waals surface area contributed by atoms with Gasteiger partial charge in [-0.25, -0.2) is 4.68 Å². The van der Waals surface area contributed by atoms with Crippen LogP contribution in [0.15, 0.2) is 60.9 Å². The minimum absolute atomic E-state index is 0.380. The number of nitrogens with one attached hydrogen (secondary N) is 1. The SMILES string of the molecule is O=C1NC(=O)c2ccccc2C1=Cc1cnn(-c2ccc(Cl)cc2)c1. The molecule has 0 aliphatic carbocycles. The molecule has 0 bridgehead atoms. The van der Waals surface area contributed by atoms with E-state index in [0.717, 1.165) is 11.3 Å². The van der Waals surface area contributed by atoms with Crippen molar-refractivity contribution in [1.29, 1.82) is 0 Å². The summed E-state index contributed by atoms with van der Waals surface area (Å²) in [5, 5.41) is 7.32. The van der Waals surface area contributed by atoms with Gasteiger partial charge in [-0.1, -0.05) is 29.8 Å². The molecule has 0 spiro atoms. The van der Waals surface area contributed by atoms with Crippen LogP contribution in [0.25, 0.3) is 17.3 Å². The van der Waals surface area contributed by atoms with E-state index >= 15 is 0 Å². The number of hydrogen-bond acceptors (Lipinski definition) is 3. The summed E-state index contributed by atoms with van der Waals surface area (Å²) in [7, 11) is 0. The third-order valence-corrected chi connectivity index (χ3v) is 4.19. The van der Waals surface area contributed by atoms with Crippen LogP contribution in [-0.4, -0.2) is 21.6 Å². The van der Waals surface area contributed by atoms with Gasteiger partial charge in [-0.15, -0.1) is 0 Å². The van der Waals surface area contributed by atoms with E-state index in [1.165, 1.54) is 0 Å². The minimum Gasteiger partial charge on any atom is -0.288 e. The van der Waals surface area contributed by atoms with Gasteiger partial charge in [-0.2, -0.15) is 5.10 Å². The molecule has 0 atom stereocenters. The van der Waals surface area contributed by atoms with Crippen molar-refractivity contribution < 1.29 is 9.59 Å². The van der Waals surface area contributed by atoms with Crippen LogP contribution in [0.5, 0.6) is 0 Å². The molecule has 5 nitrogen and oxygen atoms in total. The van der Waals surface area contributed by atoms with Gasteiger partial charge in [0.15, 0.2) is 0 Å². The number of hydrogen-bond donors (Lipinski definition) is 1. The molecular weight excluding hydrogens is 338 g/mol. The second kappa shape index (κ2) is 6.03. The first-order chi connectivity index (χ1) is 12.1. The molecule has 1 N–H and O–H groups in total. The number of fused-ring (bicyclic) bond motifs is 1. The fraction of sp³-hybridized carbons (Fsp3) is 0. The third-order valence-electron chi connectivity index (χ3n) is 3.94. The lowest BCUT2D eigenvalue weighted by atomic mass is 9.94. The molecule has 0 saturated heterocycles. The molecule has 1 aromatic heterocycles. The molecule has 3 aromatic rings. The summed E-state index contributed by atoms with van der Waals surface area (Å²) in [5.41, 5.74) is 3.15. The number of nitrogens with zero attached hydrogens (tertiary/aromatic N) is 2. The second-order valence-electron chi connectivity index (χ2n) is 5.58. The van der Waals surface area contributed by atoms with E-state index in [1.807, 2.05) is 18.3 Å². The molecule has 2 amide bonds. The molecule has 0 radical (unpaired) electrons. The summed E-state index contributed by atoms with van der Waals surface area (Å²) in [6, 6.07) is 14.3. The summed E-state index contributed by atoms with van der Waals surface area (Å²) >= 11 is 5.90. The van der Waals surface area contributed by atoms with Crippen molar-refractivity contribution in [3.63, 3.8) is 0 Å². The van der Waals surface area contributed by atoms with Crippen LogP contribution in [0.4, 0.5) is 0 Å². The Hall–Kier alpha value is -3.18. The van der Waals surface area contributed by atoms with E-state index in [2.05, 4.69) is 10.4 Å². The van der Waals surface area contributed by atoms with Crippen LogP contribution >= 0.6 is 11.6 Å². The minimum atomic E-state index is -0.414. The maximum atomic E-state index is 12.2. The van der Waals surface area contributed by atoms with E-state index in [9.17, 15) is 9.59 Å². The van der Waals surface area contributed by atoms with Gasteiger partial charge < -0.3 is 0 Å². The molecule has 6 heteroatoms. The smallest absolute Gasteiger partial charge is 0.258 e. The highest BCUT2D eigenvalue weighted by molar-refractivity contribution is 6.34. The first kappa shape index (κ1) is 15.4. The Balaban J connectivity index is 1.74. The average molecular weight is 350 g/mol. The predicted molar refractivity (Wildman–Crippen MR) is 95.4 cm³/mol. The number of benzene rings is 2. The molecule has 2 aromatic carbocycles. The maximum Gasteiger partial charge on any atom is 0.258 e. The summed E-state index contributed by atoms with van der Waals surface area (Å²) < 4.78 is 1.69. The lowest BCUT2D eigenvalue weighted by Crippen LogP contribution is -2.36. The van der Waals surface area contributed by atoms with Crippen molar-refractivity contribution in [2.75, 3.05) is 0 Å². The number of carbonyl (C=O) groups is 2. The van der Waals surface area contributed by atoms with Gasteiger partial charge in [-0.3, -0.25) is 14.9 Å². The highest BCUT2D eigenvalue weighted by Crippen LogP contribution is 2.26. The molecule has 0 unspecified atom stereocenters. The Morgan fingerprint density at radius 1 is 0.960 bits per heavy atom. The van der Waals surface area contributed by atoms with Crippen molar-refractivity contribution in [2.45, 2.75) is 0 Å². The monoisotopic (exact) mass is 349 g/mol. The Bertz CT molecular complexity index is 1020. The zero-order valence-electron chi connectivity index (χ0n) is 12.9. The molecular formula is C19H12ClN3O2. The van der Waals surface area contributed by atoms with Crippen LogP contribution < -0.4 is 5.32 Å². The molecule has 0 fully saturated rings. The quantitative estimate of drug-likeness (QED) is 0.570. The third kappa shape index (κ3) is 2.86. The first-order valence-corrected chi connectivity index (χ1v) is 7.97. The van der Waals surface area contributed by atoms with Crippen molar-refractivity contribution in [2.24, 2.45) is 0 Å². The topological polar surface area (TPSA) is 64.0 Å². The lowest BCUT2D eigenvalue weighted by molar-refractivity contribution is -0.114. The van der Waals surface area contributed by atoms with Gasteiger partial charge >= 0.3 is 0 Å².